The minimum atomic E-state index is -0.921. The fourth-order valence-corrected chi connectivity index (χ4v) is 2.78. The molecule has 3 rings (SSSR count). The highest BCUT2D eigenvalue weighted by Crippen LogP contribution is 2.39. The SMILES string of the molecule is N#CC1(C(=O)Nc2ccc3c(c2)NC(=O)CO3)CCCC1. The van der Waals surface area contributed by atoms with Gasteiger partial charge in [0.15, 0.2) is 6.61 Å². The number of hydrogen-bond donors (Lipinski definition) is 2. The van der Waals surface area contributed by atoms with Gasteiger partial charge in [0, 0.05) is 5.69 Å². The number of nitrogens with one attached hydrogen (secondary N) is 2. The Morgan fingerprint density at radius 1 is 1.38 bits per heavy atom. The van der Waals surface area contributed by atoms with Gasteiger partial charge in [-0.1, -0.05) is 12.8 Å². The zero-order valence-electron chi connectivity index (χ0n) is 11.4. The normalized spacial score (nSPS) is 18.9. The molecule has 1 fully saturated rings. The zero-order valence-corrected chi connectivity index (χ0v) is 11.4. The van der Waals surface area contributed by atoms with Crippen LogP contribution in [0.15, 0.2) is 18.2 Å². The van der Waals surface area contributed by atoms with Gasteiger partial charge in [-0.2, -0.15) is 5.26 Å². The largest absolute Gasteiger partial charge is 0.482 e. The molecule has 1 saturated carbocycles. The van der Waals surface area contributed by atoms with Crippen LogP contribution in [0.4, 0.5) is 11.4 Å². The molecule has 0 spiro atoms. The summed E-state index contributed by atoms with van der Waals surface area (Å²) in [6, 6.07) is 7.20. The first-order valence-corrected chi connectivity index (χ1v) is 6.92. The fraction of sp³-hybridized carbons (Fsp3) is 0.400. The van der Waals surface area contributed by atoms with Gasteiger partial charge in [0.05, 0.1) is 11.8 Å². The lowest BCUT2D eigenvalue weighted by atomic mass is 9.87. The molecule has 0 atom stereocenters. The Labute approximate surface area is 122 Å². The Morgan fingerprint density at radius 3 is 2.86 bits per heavy atom. The molecular weight excluding hydrogens is 270 g/mol. The molecule has 0 bridgehead atoms. The van der Waals surface area contributed by atoms with E-state index in [2.05, 4.69) is 16.7 Å². The summed E-state index contributed by atoms with van der Waals surface area (Å²) < 4.78 is 5.26. The zero-order chi connectivity index (χ0) is 14.9. The summed E-state index contributed by atoms with van der Waals surface area (Å²) in [7, 11) is 0. The Bertz CT molecular complexity index is 642. The lowest BCUT2D eigenvalue weighted by Crippen LogP contribution is -2.32. The Hall–Kier alpha value is -2.55. The summed E-state index contributed by atoms with van der Waals surface area (Å²) in [4.78, 5) is 23.6. The van der Waals surface area contributed by atoms with Crippen molar-refractivity contribution < 1.29 is 14.3 Å². The quantitative estimate of drug-likeness (QED) is 0.869. The van der Waals surface area contributed by atoms with Crippen molar-refractivity contribution in [1.29, 1.82) is 5.26 Å². The third-order valence-corrected chi connectivity index (χ3v) is 3.98. The number of carbonyl (C=O) groups is 2. The third kappa shape index (κ3) is 2.42. The summed E-state index contributed by atoms with van der Waals surface area (Å²) in [6.45, 7) is -0.00372. The molecule has 2 N–H and O–H groups in total. The third-order valence-electron chi connectivity index (χ3n) is 3.98. The van der Waals surface area contributed by atoms with Crippen molar-refractivity contribution in [3.8, 4) is 11.8 Å². The minimum absolute atomic E-state index is 0.00372. The van der Waals surface area contributed by atoms with Gasteiger partial charge in [0.25, 0.3) is 5.91 Å². The second-order valence-corrected chi connectivity index (χ2v) is 5.40. The van der Waals surface area contributed by atoms with Crippen molar-refractivity contribution >= 4 is 23.2 Å². The van der Waals surface area contributed by atoms with Crippen LogP contribution in [0.25, 0.3) is 0 Å². The maximum absolute atomic E-state index is 12.3. The number of fused-ring (bicyclic) bond motifs is 1. The summed E-state index contributed by atoms with van der Waals surface area (Å²) in [5.74, 6) is 0.0734. The number of hydrogen-bond acceptors (Lipinski definition) is 4. The van der Waals surface area contributed by atoms with Crippen LogP contribution in [-0.2, 0) is 9.59 Å². The summed E-state index contributed by atoms with van der Waals surface area (Å²) in [5, 5.41) is 14.8. The predicted octanol–water partition coefficient (Wildman–Crippen LogP) is 2.04. The maximum Gasteiger partial charge on any atom is 0.262 e. The molecule has 6 heteroatoms. The monoisotopic (exact) mass is 285 g/mol. The summed E-state index contributed by atoms with van der Waals surface area (Å²) in [6.07, 6.45) is 2.99. The average molecular weight is 285 g/mol. The second-order valence-electron chi connectivity index (χ2n) is 5.40. The van der Waals surface area contributed by atoms with Crippen LogP contribution in [-0.4, -0.2) is 18.4 Å². The van der Waals surface area contributed by atoms with Gasteiger partial charge in [-0.3, -0.25) is 9.59 Å². The lowest BCUT2D eigenvalue weighted by molar-refractivity contribution is -0.122. The van der Waals surface area contributed by atoms with Gasteiger partial charge in [0.1, 0.15) is 11.2 Å². The van der Waals surface area contributed by atoms with Crippen LogP contribution in [0, 0.1) is 16.7 Å². The Morgan fingerprint density at radius 2 is 2.14 bits per heavy atom. The van der Waals surface area contributed by atoms with Crippen molar-refractivity contribution in [3.05, 3.63) is 18.2 Å². The van der Waals surface area contributed by atoms with E-state index in [-0.39, 0.29) is 18.4 Å². The van der Waals surface area contributed by atoms with Crippen molar-refractivity contribution in [1.82, 2.24) is 0 Å². The van der Waals surface area contributed by atoms with E-state index in [9.17, 15) is 14.9 Å². The molecule has 1 aromatic carbocycles. The van der Waals surface area contributed by atoms with Gasteiger partial charge in [0.2, 0.25) is 5.91 Å². The molecule has 2 amide bonds. The van der Waals surface area contributed by atoms with E-state index >= 15 is 0 Å². The Balaban J connectivity index is 1.79. The van der Waals surface area contributed by atoms with Crippen LogP contribution in [0.5, 0.6) is 5.75 Å². The smallest absolute Gasteiger partial charge is 0.262 e. The van der Waals surface area contributed by atoms with Gasteiger partial charge in [-0.15, -0.1) is 0 Å². The van der Waals surface area contributed by atoms with Crippen molar-refractivity contribution in [2.45, 2.75) is 25.7 Å². The molecule has 2 aliphatic rings. The predicted molar refractivity (Wildman–Crippen MR) is 75.7 cm³/mol. The molecule has 1 aliphatic carbocycles. The summed E-state index contributed by atoms with van der Waals surface area (Å²) >= 11 is 0. The molecule has 21 heavy (non-hydrogen) atoms. The topological polar surface area (TPSA) is 91.2 Å². The van der Waals surface area contributed by atoms with E-state index in [1.165, 1.54) is 0 Å². The van der Waals surface area contributed by atoms with Gasteiger partial charge in [-0.05, 0) is 31.0 Å². The second kappa shape index (κ2) is 5.09. The van der Waals surface area contributed by atoms with Crippen molar-refractivity contribution in [2.24, 2.45) is 5.41 Å². The van der Waals surface area contributed by atoms with Crippen molar-refractivity contribution in [3.63, 3.8) is 0 Å². The Kier molecular flexibility index (Phi) is 3.26. The number of ether oxygens (including phenoxy) is 1. The fourth-order valence-electron chi connectivity index (χ4n) is 2.78. The van der Waals surface area contributed by atoms with Crippen molar-refractivity contribution in [2.75, 3.05) is 17.2 Å². The standard InChI is InChI=1S/C15H15N3O3/c16-9-15(5-1-2-6-15)14(20)17-10-3-4-12-11(7-10)18-13(19)8-21-12/h3-4,7H,1-2,5-6,8H2,(H,17,20)(H,18,19). The van der Waals surface area contributed by atoms with Crippen LogP contribution in [0.2, 0.25) is 0 Å². The van der Waals surface area contributed by atoms with E-state index < -0.39 is 5.41 Å². The number of nitriles is 1. The van der Waals surface area contributed by atoms with E-state index in [1.54, 1.807) is 18.2 Å². The first-order chi connectivity index (χ1) is 10.1. The van der Waals surface area contributed by atoms with Crippen LogP contribution in [0.1, 0.15) is 25.7 Å². The number of rotatable bonds is 2. The highest BCUT2D eigenvalue weighted by molar-refractivity contribution is 6.00. The van der Waals surface area contributed by atoms with E-state index in [0.717, 1.165) is 12.8 Å². The molecule has 1 heterocycles. The number of nitrogens with zero attached hydrogens (tertiary/aromatic N) is 1. The van der Waals surface area contributed by atoms with Gasteiger partial charge in [-0.25, -0.2) is 0 Å². The maximum atomic E-state index is 12.3. The minimum Gasteiger partial charge on any atom is -0.482 e. The van der Waals surface area contributed by atoms with E-state index in [0.29, 0.717) is 30.0 Å². The average Bonchev–Trinajstić information content (AvgIpc) is 2.97. The van der Waals surface area contributed by atoms with E-state index in [4.69, 9.17) is 4.74 Å². The summed E-state index contributed by atoms with van der Waals surface area (Å²) in [5.41, 5.74) is 0.155. The van der Waals surface area contributed by atoms with Gasteiger partial charge >= 0.3 is 0 Å². The molecule has 6 nitrogen and oxygen atoms in total. The van der Waals surface area contributed by atoms with Crippen LogP contribution >= 0.6 is 0 Å². The number of carbonyl (C=O) groups excluding carboxylic acids is 2. The highest BCUT2D eigenvalue weighted by atomic mass is 16.5. The molecule has 108 valence electrons. The number of anilines is 2. The molecule has 0 saturated heterocycles. The highest BCUT2D eigenvalue weighted by Gasteiger charge is 2.41. The molecule has 1 aromatic rings. The molecule has 0 unspecified atom stereocenters. The first-order valence-electron chi connectivity index (χ1n) is 6.92. The molecule has 0 radical (unpaired) electrons. The van der Waals surface area contributed by atoms with Crippen LogP contribution < -0.4 is 15.4 Å². The van der Waals surface area contributed by atoms with Gasteiger partial charge < -0.3 is 15.4 Å². The molecule has 1 aliphatic heterocycles. The molecule has 0 aromatic heterocycles. The lowest BCUT2D eigenvalue weighted by Gasteiger charge is -2.21. The first kappa shape index (κ1) is 13.4. The van der Waals surface area contributed by atoms with E-state index in [1.807, 2.05) is 0 Å². The number of amides is 2. The number of benzene rings is 1. The molecular formula is C15H15N3O3. The van der Waals surface area contributed by atoms with Crippen LogP contribution in [0.3, 0.4) is 0 Å².